The van der Waals surface area contributed by atoms with Gasteiger partial charge in [-0.2, -0.15) is 0 Å². The summed E-state index contributed by atoms with van der Waals surface area (Å²) in [5.74, 6) is -2.00. The lowest BCUT2D eigenvalue weighted by Gasteiger charge is -2.25. The third-order valence-corrected chi connectivity index (χ3v) is 12.9. The number of nitrogens with zero attached hydrogens (tertiary/aromatic N) is 1. The lowest BCUT2D eigenvalue weighted by atomic mass is 10.0. The summed E-state index contributed by atoms with van der Waals surface area (Å²) in [6, 6.07) is 0. The van der Waals surface area contributed by atoms with E-state index in [9.17, 15) is 19.5 Å². The van der Waals surface area contributed by atoms with Gasteiger partial charge in [0.2, 0.25) is 0 Å². The fraction of sp³-hybridized carbons (Fsp3) is 0.738. The molecular formula is C65H114NO8+. The van der Waals surface area contributed by atoms with Crippen molar-refractivity contribution in [3.8, 4) is 0 Å². The Hall–Kier alpha value is -3.53. The van der Waals surface area contributed by atoms with E-state index in [1.165, 1.54) is 141 Å². The Balaban J connectivity index is 4.12. The molecule has 0 amide bonds. The molecule has 9 heteroatoms. The quantitative estimate of drug-likeness (QED) is 0.0211. The third kappa shape index (κ3) is 56.2. The Morgan fingerprint density at radius 3 is 1.15 bits per heavy atom. The third-order valence-electron chi connectivity index (χ3n) is 12.9. The van der Waals surface area contributed by atoms with Crippen molar-refractivity contribution in [2.75, 3.05) is 47.5 Å². The van der Waals surface area contributed by atoms with Crippen LogP contribution in [0.3, 0.4) is 0 Å². The van der Waals surface area contributed by atoms with Crippen molar-refractivity contribution in [1.82, 2.24) is 0 Å². The minimum absolute atomic E-state index is 0.182. The van der Waals surface area contributed by atoms with E-state index in [1.807, 2.05) is 21.1 Å². The highest BCUT2D eigenvalue weighted by molar-refractivity contribution is 5.71. The molecule has 426 valence electrons. The first kappa shape index (κ1) is 70.5. The van der Waals surface area contributed by atoms with Gasteiger partial charge in [-0.3, -0.25) is 9.59 Å². The Labute approximate surface area is 455 Å². The molecule has 0 spiro atoms. The zero-order valence-corrected chi connectivity index (χ0v) is 48.5. The number of carboxylic acid groups (broad SMARTS) is 1. The topological polar surface area (TPSA) is 108 Å². The average Bonchev–Trinajstić information content (AvgIpc) is 3.37. The van der Waals surface area contributed by atoms with E-state index in [0.29, 0.717) is 17.4 Å². The summed E-state index contributed by atoms with van der Waals surface area (Å²) in [7, 11) is 5.97. The number of likely N-dealkylation sites (N-methyl/N-ethyl adjacent to an activating group) is 1. The second kappa shape index (κ2) is 55.7. The van der Waals surface area contributed by atoms with Gasteiger partial charge in [-0.05, 0) is 70.6 Å². The van der Waals surface area contributed by atoms with E-state index in [1.54, 1.807) is 0 Å². The van der Waals surface area contributed by atoms with Crippen LogP contribution in [0.1, 0.15) is 251 Å². The molecule has 0 aliphatic rings. The Morgan fingerprint density at radius 2 is 0.770 bits per heavy atom. The van der Waals surface area contributed by atoms with Crippen LogP contribution in [0.15, 0.2) is 85.1 Å². The van der Waals surface area contributed by atoms with Gasteiger partial charge in [-0.1, -0.05) is 253 Å². The number of carboxylic acids is 1. The smallest absolute Gasteiger partial charge is 0.361 e. The van der Waals surface area contributed by atoms with Crippen LogP contribution in [0.4, 0.5) is 0 Å². The normalized spacial score (nSPS) is 13.4. The maximum absolute atomic E-state index is 12.9. The van der Waals surface area contributed by atoms with Crippen molar-refractivity contribution in [2.45, 2.75) is 264 Å². The number of rotatable bonds is 55. The zero-order valence-electron chi connectivity index (χ0n) is 48.5. The summed E-state index contributed by atoms with van der Waals surface area (Å²) >= 11 is 0. The number of carbonyl (C=O) groups excluding carboxylic acids is 2. The number of hydrogen-bond donors (Lipinski definition) is 1. The summed E-state index contributed by atoms with van der Waals surface area (Å²) in [4.78, 5) is 37.4. The second-order valence-electron chi connectivity index (χ2n) is 21.3. The first-order valence-corrected chi connectivity index (χ1v) is 30.3. The molecule has 0 aromatic carbocycles. The van der Waals surface area contributed by atoms with E-state index in [0.717, 1.165) is 83.5 Å². The van der Waals surface area contributed by atoms with Gasteiger partial charge in [0.15, 0.2) is 6.10 Å². The molecule has 0 rings (SSSR count). The molecule has 0 aromatic rings. The van der Waals surface area contributed by atoms with Crippen molar-refractivity contribution in [3.63, 3.8) is 0 Å². The molecule has 0 saturated heterocycles. The van der Waals surface area contributed by atoms with Gasteiger partial charge >= 0.3 is 17.9 Å². The first-order valence-electron chi connectivity index (χ1n) is 30.3. The van der Waals surface area contributed by atoms with E-state index in [2.05, 4.69) is 98.9 Å². The predicted molar refractivity (Wildman–Crippen MR) is 313 cm³/mol. The first-order chi connectivity index (χ1) is 36.1. The molecular weight excluding hydrogens is 923 g/mol. The van der Waals surface area contributed by atoms with Gasteiger partial charge in [0, 0.05) is 12.8 Å². The van der Waals surface area contributed by atoms with Crippen LogP contribution in [-0.4, -0.2) is 87.4 Å². The molecule has 2 atom stereocenters. The number of hydrogen-bond acceptors (Lipinski definition) is 7. The monoisotopic (exact) mass is 1040 g/mol. The molecule has 1 N–H and O–H groups in total. The minimum Gasteiger partial charge on any atom is -0.477 e. The highest BCUT2D eigenvalue weighted by Gasteiger charge is 2.25. The number of quaternary nitrogens is 1. The maximum atomic E-state index is 12.9. The lowest BCUT2D eigenvalue weighted by molar-refractivity contribution is -0.870. The van der Waals surface area contributed by atoms with Gasteiger partial charge in [0.25, 0.3) is 6.29 Å². The van der Waals surface area contributed by atoms with E-state index >= 15 is 0 Å². The number of allylic oxidation sites excluding steroid dienone is 14. The van der Waals surface area contributed by atoms with Crippen LogP contribution in [0.2, 0.25) is 0 Å². The van der Waals surface area contributed by atoms with E-state index in [4.69, 9.17) is 18.9 Å². The molecule has 74 heavy (non-hydrogen) atoms. The van der Waals surface area contributed by atoms with Crippen LogP contribution in [-0.2, 0) is 33.3 Å². The molecule has 0 saturated carbocycles. The Bertz CT molecular complexity index is 1490. The number of unbranched alkanes of at least 4 members (excludes halogenated alkanes) is 26. The number of ether oxygens (including phenoxy) is 4. The van der Waals surface area contributed by atoms with Gasteiger partial charge in [-0.15, -0.1) is 0 Å². The van der Waals surface area contributed by atoms with E-state index in [-0.39, 0.29) is 32.2 Å². The van der Waals surface area contributed by atoms with Crippen LogP contribution in [0.25, 0.3) is 0 Å². The molecule has 0 radical (unpaired) electrons. The molecule has 0 bridgehead atoms. The summed E-state index contributed by atoms with van der Waals surface area (Å²) in [6.07, 6.45) is 71.0. The summed E-state index contributed by atoms with van der Waals surface area (Å²) in [5.41, 5.74) is 0. The summed E-state index contributed by atoms with van der Waals surface area (Å²) < 4.78 is 22.9. The van der Waals surface area contributed by atoms with Gasteiger partial charge in [-0.25, -0.2) is 4.79 Å². The second-order valence-corrected chi connectivity index (χ2v) is 21.3. The fourth-order valence-electron chi connectivity index (χ4n) is 8.29. The highest BCUT2D eigenvalue weighted by atomic mass is 16.7. The largest absolute Gasteiger partial charge is 0.477 e. The SMILES string of the molecule is CC/C=C\C/C=C\C/C=C\C/C=C\C/C=C\C/C=C\C/C=C\CCCCCCCCCCCCCCCC(=O)OC(COC(=O)CCCCCCCCCCCCCCCC)COC(OCC[N+](C)(C)C)C(=O)O. The van der Waals surface area contributed by atoms with Crippen molar-refractivity contribution < 1.29 is 42.9 Å². The minimum atomic E-state index is -1.51. The number of aliphatic carboxylic acids is 1. The van der Waals surface area contributed by atoms with Crippen molar-refractivity contribution in [3.05, 3.63) is 85.1 Å². The Morgan fingerprint density at radius 1 is 0.419 bits per heavy atom. The fourth-order valence-corrected chi connectivity index (χ4v) is 8.29. The molecule has 0 aliphatic carbocycles. The summed E-state index contributed by atoms with van der Waals surface area (Å²) in [5, 5.41) is 9.70. The zero-order chi connectivity index (χ0) is 54.1. The van der Waals surface area contributed by atoms with Gasteiger partial charge in [0.1, 0.15) is 13.2 Å². The molecule has 2 unspecified atom stereocenters. The van der Waals surface area contributed by atoms with Crippen LogP contribution < -0.4 is 0 Å². The molecule has 0 aromatic heterocycles. The lowest BCUT2D eigenvalue weighted by Crippen LogP contribution is -2.40. The van der Waals surface area contributed by atoms with Crippen molar-refractivity contribution >= 4 is 17.9 Å². The molecule has 9 nitrogen and oxygen atoms in total. The highest BCUT2D eigenvalue weighted by Crippen LogP contribution is 2.16. The molecule has 0 fully saturated rings. The number of carbonyl (C=O) groups is 3. The standard InChI is InChI=1S/C65H113NO8/c1-6-8-10-12-14-16-18-20-22-23-24-25-26-27-28-29-30-31-32-33-34-35-36-37-38-39-40-41-42-44-46-48-50-52-54-56-63(68)74-61(60-73-65(64(69)70)71-58-57-66(3,4)5)59-72-62(67)55-53-51-49-47-45-43-21-19-17-15-13-11-9-7-2/h8,10,14,16,20,22,24-25,27-28,30-31,33-34,61,65H,6-7,9,11-13,15,17-19,21,23,26,29,32,35-60H2,1-5H3/p+1/b10-8-,16-14-,22-20-,25-24-,28-27-,31-30-,34-33-. The van der Waals surface area contributed by atoms with Crippen molar-refractivity contribution in [2.24, 2.45) is 0 Å². The summed E-state index contributed by atoms with van der Waals surface area (Å²) in [6.45, 7) is 4.77. The van der Waals surface area contributed by atoms with Gasteiger partial charge in [0.05, 0.1) is 34.4 Å². The Kier molecular flexibility index (Phi) is 53.0. The molecule has 0 heterocycles. The van der Waals surface area contributed by atoms with Crippen LogP contribution >= 0.6 is 0 Å². The molecule has 0 aliphatic heterocycles. The number of esters is 2. The van der Waals surface area contributed by atoms with Crippen LogP contribution in [0, 0.1) is 0 Å². The van der Waals surface area contributed by atoms with Crippen LogP contribution in [0.5, 0.6) is 0 Å². The maximum Gasteiger partial charge on any atom is 0.361 e. The average molecular weight is 1040 g/mol. The predicted octanol–water partition coefficient (Wildman–Crippen LogP) is 18.0. The van der Waals surface area contributed by atoms with Gasteiger partial charge < -0.3 is 28.5 Å². The van der Waals surface area contributed by atoms with E-state index < -0.39 is 24.3 Å². The van der Waals surface area contributed by atoms with Crippen molar-refractivity contribution in [1.29, 1.82) is 0 Å².